The number of carbonyl (C=O) groups excluding carboxylic acids is 2. The maximum absolute atomic E-state index is 13.0. The highest BCUT2D eigenvalue weighted by atomic mass is 16.5. The number of carbonyl (C=O) groups is 2. The van der Waals surface area contributed by atoms with Crippen LogP contribution < -0.4 is 14.8 Å². The first-order chi connectivity index (χ1) is 14.3. The van der Waals surface area contributed by atoms with Crippen LogP contribution in [0.2, 0.25) is 0 Å². The average molecular weight is 413 g/mol. The Morgan fingerprint density at radius 3 is 2.03 bits per heavy atom. The topological polar surface area (TPSA) is 67.9 Å². The molecule has 1 N–H and O–H groups in total. The molecule has 0 spiro atoms. The Morgan fingerprint density at radius 2 is 1.50 bits per heavy atom. The second-order valence-electron chi connectivity index (χ2n) is 7.50. The number of aryl methyl sites for hydroxylation is 1. The van der Waals surface area contributed by atoms with Crippen LogP contribution in [-0.2, 0) is 22.6 Å². The fraction of sp³-hybridized carbons (Fsp3) is 0.417. The van der Waals surface area contributed by atoms with Gasteiger partial charge in [0.1, 0.15) is 17.5 Å². The van der Waals surface area contributed by atoms with E-state index in [1.165, 1.54) is 5.56 Å². The molecule has 0 aliphatic heterocycles. The molecule has 6 heteroatoms. The van der Waals surface area contributed by atoms with Crippen molar-refractivity contribution in [3.05, 3.63) is 59.7 Å². The minimum absolute atomic E-state index is 0.00813. The zero-order chi connectivity index (χ0) is 22.1. The Labute approximate surface area is 179 Å². The number of nitrogens with zero attached hydrogens (tertiary/aromatic N) is 1. The van der Waals surface area contributed by atoms with Crippen molar-refractivity contribution in [2.75, 3.05) is 13.7 Å². The van der Waals surface area contributed by atoms with Gasteiger partial charge in [-0.05, 0) is 62.6 Å². The fourth-order valence-corrected chi connectivity index (χ4v) is 2.96. The van der Waals surface area contributed by atoms with Crippen molar-refractivity contribution in [2.45, 2.75) is 52.7 Å². The molecule has 2 aromatic carbocycles. The summed E-state index contributed by atoms with van der Waals surface area (Å²) in [7, 11) is 1.60. The van der Waals surface area contributed by atoms with Crippen LogP contribution in [0.25, 0.3) is 0 Å². The molecule has 0 bridgehead atoms. The van der Waals surface area contributed by atoms with Gasteiger partial charge in [-0.25, -0.2) is 0 Å². The lowest BCUT2D eigenvalue weighted by molar-refractivity contribution is -0.142. The van der Waals surface area contributed by atoms with E-state index in [0.29, 0.717) is 12.3 Å². The predicted octanol–water partition coefficient (Wildman–Crippen LogP) is 3.58. The highest BCUT2D eigenvalue weighted by molar-refractivity contribution is 5.88. The summed E-state index contributed by atoms with van der Waals surface area (Å²) in [6.07, 6.45) is 0.942. The maximum atomic E-state index is 13.0. The van der Waals surface area contributed by atoms with Crippen LogP contribution in [-0.4, -0.2) is 42.5 Å². The van der Waals surface area contributed by atoms with Crippen molar-refractivity contribution in [1.82, 2.24) is 10.2 Å². The van der Waals surface area contributed by atoms with E-state index in [1.807, 2.05) is 62.4 Å². The maximum Gasteiger partial charge on any atom is 0.261 e. The standard InChI is InChI=1S/C24H32N2O4/c1-6-19-7-13-22(14-8-19)30-16-23(27)26(18(4)24(28)25-17(2)3)15-20-9-11-21(29-5)12-10-20/h7-14,17-18H,6,15-16H2,1-5H3,(H,25,28). The van der Waals surface area contributed by atoms with Gasteiger partial charge < -0.3 is 19.7 Å². The average Bonchev–Trinajstić information content (AvgIpc) is 2.75. The van der Waals surface area contributed by atoms with Gasteiger partial charge in [-0.15, -0.1) is 0 Å². The first-order valence-electron chi connectivity index (χ1n) is 10.3. The number of rotatable bonds is 10. The first kappa shape index (κ1) is 23.3. The zero-order valence-electron chi connectivity index (χ0n) is 18.5. The second kappa shape index (κ2) is 11.2. The number of ether oxygens (including phenoxy) is 2. The van der Waals surface area contributed by atoms with Gasteiger partial charge >= 0.3 is 0 Å². The van der Waals surface area contributed by atoms with Crippen LogP contribution in [0, 0.1) is 0 Å². The smallest absolute Gasteiger partial charge is 0.261 e. The van der Waals surface area contributed by atoms with E-state index in [1.54, 1.807) is 18.9 Å². The number of benzene rings is 2. The molecule has 2 rings (SSSR count). The van der Waals surface area contributed by atoms with Crippen LogP contribution in [0.4, 0.5) is 0 Å². The molecule has 0 aromatic heterocycles. The van der Waals surface area contributed by atoms with Crippen molar-refractivity contribution in [2.24, 2.45) is 0 Å². The van der Waals surface area contributed by atoms with Crippen LogP contribution in [0.15, 0.2) is 48.5 Å². The summed E-state index contributed by atoms with van der Waals surface area (Å²) in [5, 5.41) is 2.87. The molecule has 0 fully saturated rings. The third-order valence-corrected chi connectivity index (χ3v) is 4.80. The number of hydrogen-bond acceptors (Lipinski definition) is 4. The van der Waals surface area contributed by atoms with Gasteiger partial charge in [-0.1, -0.05) is 31.2 Å². The van der Waals surface area contributed by atoms with E-state index in [2.05, 4.69) is 12.2 Å². The van der Waals surface area contributed by atoms with Crippen molar-refractivity contribution in [3.63, 3.8) is 0 Å². The lowest BCUT2D eigenvalue weighted by Gasteiger charge is -2.29. The molecule has 30 heavy (non-hydrogen) atoms. The SMILES string of the molecule is CCc1ccc(OCC(=O)N(Cc2ccc(OC)cc2)C(C)C(=O)NC(C)C)cc1. The van der Waals surface area contributed by atoms with Gasteiger partial charge in [0.25, 0.3) is 5.91 Å². The summed E-state index contributed by atoms with van der Waals surface area (Å²) in [6.45, 7) is 7.76. The van der Waals surface area contributed by atoms with Crippen LogP contribution in [0.3, 0.4) is 0 Å². The van der Waals surface area contributed by atoms with Crippen molar-refractivity contribution in [3.8, 4) is 11.5 Å². The van der Waals surface area contributed by atoms with Crippen molar-refractivity contribution >= 4 is 11.8 Å². The molecule has 1 unspecified atom stereocenters. The summed E-state index contributed by atoms with van der Waals surface area (Å²) < 4.78 is 10.9. The van der Waals surface area contributed by atoms with E-state index in [-0.39, 0.29) is 24.5 Å². The minimum atomic E-state index is -0.631. The molecule has 0 radical (unpaired) electrons. The van der Waals surface area contributed by atoms with Gasteiger partial charge in [0, 0.05) is 12.6 Å². The van der Waals surface area contributed by atoms with E-state index in [4.69, 9.17) is 9.47 Å². The lowest BCUT2D eigenvalue weighted by atomic mass is 10.1. The van der Waals surface area contributed by atoms with E-state index < -0.39 is 6.04 Å². The Bertz CT molecular complexity index is 816. The van der Waals surface area contributed by atoms with Crippen LogP contribution >= 0.6 is 0 Å². The molecular weight excluding hydrogens is 380 g/mol. The van der Waals surface area contributed by atoms with Crippen molar-refractivity contribution < 1.29 is 19.1 Å². The predicted molar refractivity (Wildman–Crippen MR) is 118 cm³/mol. The lowest BCUT2D eigenvalue weighted by Crippen LogP contribution is -2.50. The number of methoxy groups -OCH3 is 1. The third kappa shape index (κ3) is 6.79. The molecule has 0 aliphatic carbocycles. The van der Waals surface area contributed by atoms with Crippen LogP contribution in [0.1, 0.15) is 38.8 Å². The summed E-state index contributed by atoms with van der Waals surface area (Å²) in [4.78, 5) is 27.1. The largest absolute Gasteiger partial charge is 0.497 e. The van der Waals surface area contributed by atoms with Gasteiger partial charge in [0.15, 0.2) is 6.61 Å². The molecule has 0 aliphatic rings. The summed E-state index contributed by atoms with van der Waals surface area (Å²) in [5.41, 5.74) is 2.11. The highest BCUT2D eigenvalue weighted by Gasteiger charge is 2.26. The zero-order valence-corrected chi connectivity index (χ0v) is 18.5. The minimum Gasteiger partial charge on any atom is -0.497 e. The molecule has 0 heterocycles. The molecule has 6 nitrogen and oxygen atoms in total. The van der Waals surface area contributed by atoms with Crippen molar-refractivity contribution in [1.29, 1.82) is 0 Å². The Morgan fingerprint density at radius 1 is 0.933 bits per heavy atom. The fourth-order valence-electron chi connectivity index (χ4n) is 2.96. The monoisotopic (exact) mass is 412 g/mol. The first-order valence-corrected chi connectivity index (χ1v) is 10.3. The van der Waals surface area contributed by atoms with Gasteiger partial charge in [0.2, 0.25) is 5.91 Å². The Hall–Kier alpha value is -3.02. The second-order valence-corrected chi connectivity index (χ2v) is 7.50. The molecule has 162 valence electrons. The molecule has 2 amide bonds. The van der Waals surface area contributed by atoms with Gasteiger partial charge in [0.05, 0.1) is 7.11 Å². The number of amides is 2. The quantitative estimate of drug-likeness (QED) is 0.648. The molecular formula is C24H32N2O4. The molecule has 0 saturated heterocycles. The number of nitrogens with one attached hydrogen (secondary N) is 1. The summed E-state index contributed by atoms with van der Waals surface area (Å²) in [5.74, 6) is 0.918. The number of hydrogen-bond donors (Lipinski definition) is 1. The highest BCUT2D eigenvalue weighted by Crippen LogP contribution is 2.16. The Balaban J connectivity index is 2.12. The van der Waals surface area contributed by atoms with E-state index in [0.717, 1.165) is 17.7 Å². The molecule has 2 aromatic rings. The van der Waals surface area contributed by atoms with E-state index >= 15 is 0 Å². The normalized spacial score (nSPS) is 11.7. The summed E-state index contributed by atoms with van der Waals surface area (Å²) >= 11 is 0. The third-order valence-electron chi connectivity index (χ3n) is 4.80. The molecule has 0 saturated carbocycles. The van der Waals surface area contributed by atoms with E-state index in [9.17, 15) is 9.59 Å². The molecule has 1 atom stereocenters. The summed E-state index contributed by atoms with van der Waals surface area (Å²) in [6, 6.07) is 14.5. The van der Waals surface area contributed by atoms with Gasteiger partial charge in [-0.3, -0.25) is 9.59 Å². The van der Waals surface area contributed by atoms with Gasteiger partial charge in [-0.2, -0.15) is 0 Å². The van der Waals surface area contributed by atoms with Crippen LogP contribution in [0.5, 0.6) is 11.5 Å². The Kier molecular flexibility index (Phi) is 8.71.